The lowest BCUT2D eigenvalue weighted by Crippen LogP contribution is -2.43. The first-order valence-corrected chi connectivity index (χ1v) is 11.4. The van der Waals surface area contributed by atoms with Crippen LogP contribution < -0.4 is 4.74 Å². The maximum absolute atomic E-state index is 6.25. The van der Waals surface area contributed by atoms with Crippen LogP contribution in [-0.4, -0.2) is 17.0 Å². The summed E-state index contributed by atoms with van der Waals surface area (Å²) in [7, 11) is 0. The first-order valence-electron chi connectivity index (χ1n) is 10.5. The zero-order chi connectivity index (χ0) is 18.5. The molecule has 142 valence electrons. The quantitative estimate of drug-likeness (QED) is 0.513. The van der Waals surface area contributed by atoms with Crippen LogP contribution in [0.4, 0.5) is 0 Å². The van der Waals surface area contributed by atoms with Gasteiger partial charge in [0, 0.05) is 40.6 Å². The molecule has 0 N–H and O–H groups in total. The summed E-state index contributed by atoms with van der Waals surface area (Å²) in [4.78, 5) is 4.32. The van der Waals surface area contributed by atoms with Gasteiger partial charge >= 0.3 is 0 Å². The van der Waals surface area contributed by atoms with Crippen LogP contribution in [0.1, 0.15) is 47.6 Å². The van der Waals surface area contributed by atoms with E-state index in [1.54, 1.807) is 0 Å². The van der Waals surface area contributed by atoms with Gasteiger partial charge in [0.15, 0.2) is 0 Å². The lowest BCUT2D eigenvalue weighted by molar-refractivity contribution is 0.0898. The van der Waals surface area contributed by atoms with E-state index in [-0.39, 0.29) is 0 Å². The molecule has 2 unspecified atom stereocenters. The normalized spacial score (nSPS) is 26.5. The predicted molar refractivity (Wildman–Crippen MR) is 114 cm³/mol. The minimum atomic E-state index is 0.466. The van der Waals surface area contributed by atoms with Crippen molar-refractivity contribution in [3.05, 3.63) is 82.0 Å². The second-order valence-corrected chi connectivity index (χ2v) is 9.56. The third kappa shape index (κ3) is 2.72. The van der Waals surface area contributed by atoms with Crippen molar-refractivity contribution in [2.24, 2.45) is 5.92 Å². The summed E-state index contributed by atoms with van der Waals surface area (Å²) in [5.41, 5.74) is 2.77. The van der Waals surface area contributed by atoms with Crippen LogP contribution in [0.5, 0.6) is 11.5 Å². The zero-order valence-electron chi connectivity index (χ0n) is 16.0. The van der Waals surface area contributed by atoms with Gasteiger partial charge in [0.1, 0.15) is 11.5 Å². The molecule has 2 saturated heterocycles. The van der Waals surface area contributed by atoms with E-state index in [4.69, 9.17) is 4.74 Å². The number of benzene rings is 2. The van der Waals surface area contributed by atoms with Crippen molar-refractivity contribution >= 4 is 11.3 Å². The van der Waals surface area contributed by atoms with E-state index < -0.39 is 0 Å². The molecule has 4 heterocycles. The average molecular weight is 388 g/mol. The Kier molecular flexibility index (Phi) is 4.06. The van der Waals surface area contributed by atoms with Gasteiger partial charge in [-0.2, -0.15) is 0 Å². The van der Waals surface area contributed by atoms with Crippen molar-refractivity contribution < 1.29 is 4.74 Å². The molecule has 0 aliphatic carbocycles. The molecule has 28 heavy (non-hydrogen) atoms. The molecule has 0 saturated carbocycles. The molecule has 0 amide bonds. The highest BCUT2D eigenvalue weighted by molar-refractivity contribution is 7.09. The summed E-state index contributed by atoms with van der Waals surface area (Å²) in [6.07, 6.45) is 5.32. The minimum Gasteiger partial charge on any atom is -0.457 e. The Morgan fingerprint density at radius 1 is 0.821 bits per heavy atom. The Morgan fingerprint density at radius 3 is 2.07 bits per heavy atom. The van der Waals surface area contributed by atoms with Crippen LogP contribution in [0.3, 0.4) is 0 Å². The molecule has 2 bridgehead atoms. The van der Waals surface area contributed by atoms with Crippen molar-refractivity contribution in [2.45, 2.75) is 50.2 Å². The summed E-state index contributed by atoms with van der Waals surface area (Å²) >= 11 is 1.90. The van der Waals surface area contributed by atoms with Crippen LogP contribution in [-0.2, 0) is 6.54 Å². The monoisotopic (exact) mass is 387 g/mol. The highest BCUT2D eigenvalue weighted by Gasteiger charge is 2.45. The van der Waals surface area contributed by atoms with Gasteiger partial charge in [-0.25, -0.2) is 0 Å². The maximum Gasteiger partial charge on any atom is 0.131 e. The number of nitrogens with zero attached hydrogens (tertiary/aromatic N) is 1. The highest BCUT2D eigenvalue weighted by Crippen LogP contribution is 2.53. The first-order chi connectivity index (χ1) is 13.9. The Hall–Kier alpha value is -2.10. The number of fused-ring (bicyclic) bond motifs is 4. The van der Waals surface area contributed by atoms with E-state index in [1.165, 1.54) is 41.7 Å². The summed E-state index contributed by atoms with van der Waals surface area (Å²) in [6.45, 7) is 1.14. The van der Waals surface area contributed by atoms with E-state index in [2.05, 4.69) is 70.9 Å². The Labute approximate surface area is 170 Å². The SMILES string of the molecule is c1csc(CN2C3CCC2CC(C2c4ccccc4Oc4ccccc42)C3)c1. The molecule has 0 spiro atoms. The Bertz CT molecular complexity index is 922. The summed E-state index contributed by atoms with van der Waals surface area (Å²) < 4.78 is 6.25. The van der Waals surface area contributed by atoms with Crippen LogP contribution in [0.15, 0.2) is 66.0 Å². The molecule has 3 aromatic rings. The second-order valence-electron chi connectivity index (χ2n) is 8.52. The fourth-order valence-electron chi connectivity index (χ4n) is 5.88. The smallest absolute Gasteiger partial charge is 0.131 e. The summed E-state index contributed by atoms with van der Waals surface area (Å²) in [5.74, 6) is 3.27. The second kappa shape index (κ2) is 6.75. The molecule has 2 fully saturated rings. The molecule has 0 radical (unpaired) electrons. The van der Waals surface area contributed by atoms with Crippen molar-refractivity contribution in [3.63, 3.8) is 0 Å². The molecule has 1 aromatic heterocycles. The Morgan fingerprint density at radius 2 is 1.46 bits per heavy atom. The third-order valence-corrected chi connectivity index (χ3v) is 7.90. The number of piperidine rings is 1. The van der Waals surface area contributed by atoms with Gasteiger partial charge in [0.05, 0.1) is 0 Å². The predicted octanol–water partition coefficient (Wildman–Crippen LogP) is 6.43. The molecule has 2 atom stereocenters. The van der Waals surface area contributed by atoms with E-state index in [0.717, 1.165) is 30.1 Å². The van der Waals surface area contributed by atoms with Crippen molar-refractivity contribution in [3.8, 4) is 11.5 Å². The topological polar surface area (TPSA) is 12.5 Å². The highest BCUT2D eigenvalue weighted by atomic mass is 32.1. The molecular formula is C25H25NOS. The van der Waals surface area contributed by atoms with Gasteiger partial charge in [0.2, 0.25) is 0 Å². The van der Waals surface area contributed by atoms with Crippen LogP contribution >= 0.6 is 11.3 Å². The van der Waals surface area contributed by atoms with Gasteiger partial charge in [-0.15, -0.1) is 11.3 Å². The van der Waals surface area contributed by atoms with Crippen molar-refractivity contribution in [1.82, 2.24) is 4.90 Å². The number of ether oxygens (including phenoxy) is 1. The summed E-state index contributed by atoms with van der Waals surface area (Å²) in [5, 5.41) is 2.21. The van der Waals surface area contributed by atoms with Crippen molar-refractivity contribution in [1.29, 1.82) is 0 Å². The van der Waals surface area contributed by atoms with Crippen LogP contribution in [0.2, 0.25) is 0 Å². The average Bonchev–Trinajstić information content (AvgIpc) is 3.32. The Balaban J connectivity index is 1.33. The molecule has 3 aliphatic heterocycles. The molecule has 3 heteroatoms. The molecule has 3 aliphatic rings. The van der Waals surface area contributed by atoms with Gasteiger partial charge in [0.25, 0.3) is 0 Å². The number of hydrogen-bond donors (Lipinski definition) is 0. The number of hydrogen-bond acceptors (Lipinski definition) is 3. The lowest BCUT2D eigenvalue weighted by atomic mass is 9.72. The van der Waals surface area contributed by atoms with E-state index >= 15 is 0 Å². The maximum atomic E-state index is 6.25. The fourth-order valence-corrected chi connectivity index (χ4v) is 6.60. The number of thiophene rings is 1. The van der Waals surface area contributed by atoms with Crippen LogP contribution in [0.25, 0.3) is 0 Å². The lowest BCUT2D eigenvalue weighted by Gasteiger charge is -2.43. The van der Waals surface area contributed by atoms with Gasteiger partial charge in [-0.05, 0) is 55.2 Å². The fraction of sp³-hybridized carbons (Fsp3) is 0.360. The minimum absolute atomic E-state index is 0.466. The molecule has 2 nitrogen and oxygen atoms in total. The van der Waals surface area contributed by atoms with Gasteiger partial charge < -0.3 is 4.74 Å². The summed E-state index contributed by atoms with van der Waals surface area (Å²) in [6, 6.07) is 23.3. The van der Waals surface area contributed by atoms with Crippen molar-refractivity contribution in [2.75, 3.05) is 0 Å². The zero-order valence-corrected chi connectivity index (χ0v) is 16.8. The molecule has 6 rings (SSSR count). The largest absolute Gasteiger partial charge is 0.457 e. The van der Waals surface area contributed by atoms with E-state index in [1.807, 2.05) is 11.3 Å². The van der Waals surface area contributed by atoms with Crippen LogP contribution in [0, 0.1) is 5.92 Å². The van der Waals surface area contributed by atoms with E-state index in [9.17, 15) is 0 Å². The first kappa shape index (κ1) is 16.8. The molecule has 2 aromatic carbocycles. The third-order valence-electron chi connectivity index (χ3n) is 7.04. The molecular weight excluding hydrogens is 362 g/mol. The number of para-hydroxylation sites is 2. The van der Waals surface area contributed by atoms with Gasteiger partial charge in [-0.3, -0.25) is 4.90 Å². The van der Waals surface area contributed by atoms with Gasteiger partial charge in [-0.1, -0.05) is 42.5 Å². The standard InChI is InChI=1S/C25H25NOS/c1-3-9-23-21(7-1)25(22-8-2-4-10-24(22)27-23)17-14-18-11-12-19(15-17)26(18)16-20-6-5-13-28-20/h1-10,13,17-19,25H,11-12,14-16H2. The van der Waals surface area contributed by atoms with E-state index in [0.29, 0.717) is 11.8 Å². The number of rotatable bonds is 3.